The number of pyridine rings is 1. The topological polar surface area (TPSA) is 12.9 Å². The Morgan fingerprint density at radius 1 is 1.15 bits per heavy atom. The summed E-state index contributed by atoms with van der Waals surface area (Å²) in [5.74, 6) is 0.642. The lowest BCUT2D eigenvalue weighted by Gasteiger charge is -2.25. The van der Waals surface area contributed by atoms with Crippen molar-refractivity contribution in [3.63, 3.8) is 0 Å². The summed E-state index contributed by atoms with van der Waals surface area (Å²) >= 11 is 3.83. The second kappa shape index (κ2) is 6.53. The monoisotopic (exact) mass is 329 g/mol. The maximum atomic E-state index is 4.64. The second-order valence-corrected chi connectivity index (χ2v) is 6.70. The van der Waals surface area contributed by atoms with Crippen LogP contribution in [0, 0.1) is 0 Å². The Kier molecular flexibility index (Phi) is 4.51. The normalized spacial score (nSPS) is 19.4. The van der Waals surface area contributed by atoms with Gasteiger partial charge in [-0.15, -0.1) is 0 Å². The molecule has 2 unspecified atom stereocenters. The van der Waals surface area contributed by atoms with Crippen molar-refractivity contribution in [1.29, 1.82) is 0 Å². The standard InChI is InChI=1S/C18H20BrN/c19-17(14-6-2-1-3-7-14)12-11-16-9-4-8-15-10-5-13-20-18(15)16/h1-3,5-7,10,13,16-17H,4,8-9,11-12H2. The van der Waals surface area contributed by atoms with Gasteiger partial charge in [0.2, 0.25) is 0 Å². The van der Waals surface area contributed by atoms with E-state index in [-0.39, 0.29) is 0 Å². The van der Waals surface area contributed by atoms with Crippen LogP contribution in [0.1, 0.15) is 53.2 Å². The fourth-order valence-corrected chi connectivity index (χ4v) is 3.73. The van der Waals surface area contributed by atoms with Crippen LogP contribution in [0.25, 0.3) is 0 Å². The molecule has 2 atom stereocenters. The van der Waals surface area contributed by atoms with Gasteiger partial charge < -0.3 is 0 Å². The van der Waals surface area contributed by atoms with Crippen molar-refractivity contribution in [3.8, 4) is 0 Å². The van der Waals surface area contributed by atoms with Crippen molar-refractivity contribution in [1.82, 2.24) is 4.98 Å². The van der Waals surface area contributed by atoms with Gasteiger partial charge in [0.25, 0.3) is 0 Å². The molecule has 0 radical (unpaired) electrons. The van der Waals surface area contributed by atoms with Crippen molar-refractivity contribution in [2.45, 2.75) is 42.8 Å². The molecule has 0 saturated heterocycles. The third-order valence-electron chi connectivity index (χ3n) is 4.24. The summed E-state index contributed by atoms with van der Waals surface area (Å²) in [6.07, 6.45) is 8.13. The lowest BCUT2D eigenvalue weighted by molar-refractivity contribution is 0.491. The highest BCUT2D eigenvalue weighted by Crippen LogP contribution is 2.37. The average molecular weight is 330 g/mol. The van der Waals surface area contributed by atoms with Gasteiger partial charge in [-0.05, 0) is 49.3 Å². The first kappa shape index (κ1) is 13.8. The number of hydrogen-bond donors (Lipinski definition) is 0. The molecule has 20 heavy (non-hydrogen) atoms. The minimum atomic E-state index is 0.456. The molecule has 1 aromatic carbocycles. The minimum absolute atomic E-state index is 0.456. The predicted molar refractivity (Wildman–Crippen MR) is 87.3 cm³/mol. The molecule has 0 saturated carbocycles. The van der Waals surface area contributed by atoms with Crippen LogP contribution in [0.3, 0.4) is 0 Å². The molecule has 1 aliphatic carbocycles. The molecule has 104 valence electrons. The van der Waals surface area contributed by atoms with E-state index >= 15 is 0 Å². The van der Waals surface area contributed by atoms with E-state index in [1.165, 1.54) is 48.9 Å². The third kappa shape index (κ3) is 3.12. The van der Waals surface area contributed by atoms with Gasteiger partial charge in [0.1, 0.15) is 0 Å². The van der Waals surface area contributed by atoms with Crippen LogP contribution in [0.4, 0.5) is 0 Å². The van der Waals surface area contributed by atoms with Crippen molar-refractivity contribution in [2.75, 3.05) is 0 Å². The van der Waals surface area contributed by atoms with Gasteiger partial charge >= 0.3 is 0 Å². The predicted octanol–water partition coefficient (Wildman–Crippen LogP) is 5.42. The zero-order valence-corrected chi connectivity index (χ0v) is 13.2. The zero-order valence-electron chi connectivity index (χ0n) is 11.6. The molecule has 1 aliphatic rings. The fraction of sp³-hybridized carbons (Fsp3) is 0.389. The fourth-order valence-electron chi connectivity index (χ4n) is 3.16. The summed E-state index contributed by atoms with van der Waals surface area (Å²) < 4.78 is 0. The summed E-state index contributed by atoms with van der Waals surface area (Å²) in [6, 6.07) is 15.0. The third-order valence-corrected chi connectivity index (χ3v) is 5.23. The van der Waals surface area contributed by atoms with E-state index in [0.29, 0.717) is 10.7 Å². The summed E-state index contributed by atoms with van der Waals surface area (Å²) in [5.41, 5.74) is 4.20. The number of hydrogen-bond acceptors (Lipinski definition) is 1. The van der Waals surface area contributed by atoms with Gasteiger partial charge in [-0.2, -0.15) is 0 Å². The van der Waals surface area contributed by atoms with Crippen molar-refractivity contribution >= 4 is 15.9 Å². The number of aryl methyl sites for hydroxylation is 1. The molecule has 0 N–H and O–H groups in total. The number of aromatic nitrogens is 1. The van der Waals surface area contributed by atoms with Crippen LogP contribution >= 0.6 is 15.9 Å². The molecule has 1 heterocycles. The van der Waals surface area contributed by atoms with Crippen LogP contribution in [0.15, 0.2) is 48.7 Å². The first-order valence-electron chi connectivity index (χ1n) is 7.47. The minimum Gasteiger partial charge on any atom is -0.261 e. The van der Waals surface area contributed by atoms with Crippen LogP contribution in [-0.4, -0.2) is 4.98 Å². The molecule has 0 bridgehead atoms. The number of benzene rings is 1. The Hall–Kier alpha value is -1.15. The molecule has 2 heteroatoms. The van der Waals surface area contributed by atoms with E-state index in [9.17, 15) is 0 Å². The summed E-state index contributed by atoms with van der Waals surface area (Å²) in [5, 5.41) is 0. The van der Waals surface area contributed by atoms with Crippen molar-refractivity contribution in [2.24, 2.45) is 0 Å². The molecular weight excluding hydrogens is 310 g/mol. The zero-order chi connectivity index (χ0) is 13.8. The number of alkyl halides is 1. The molecule has 2 aromatic rings. The Labute approximate surface area is 129 Å². The largest absolute Gasteiger partial charge is 0.261 e. The van der Waals surface area contributed by atoms with E-state index in [1.54, 1.807) is 0 Å². The smallest absolute Gasteiger partial charge is 0.0466 e. The SMILES string of the molecule is BrC(CCC1CCCc2cccnc21)c1ccccc1. The molecular formula is C18H20BrN. The summed E-state index contributed by atoms with van der Waals surface area (Å²) in [4.78, 5) is 5.09. The van der Waals surface area contributed by atoms with Gasteiger partial charge in [0.15, 0.2) is 0 Å². The Balaban J connectivity index is 1.65. The van der Waals surface area contributed by atoms with E-state index in [4.69, 9.17) is 0 Å². The highest BCUT2D eigenvalue weighted by molar-refractivity contribution is 9.09. The first-order valence-corrected chi connectivity index (χ1v) is 8.39. The highest BCUT2D eigenvalue weighted by atomic mass is 79.9. The van der Waals surface area contributed by atoms with Gasteiger partial charge in [0.05, 0.1) is 0 Å². The summed E-state index contributed by atoms with van der Waals surface area (Å²) in [7, 11) is 0. The molecule has 0 aliphatic heterocycles. The molecule has 0 spiro atoms. The highest BCUT2D eigenvalue weighted by Gasteiger charge is 2.22. The second-order valence-electron chi connectivity index (χ2n) is 5.59. The van der Waals surface area contributed by atoms with Gasteiger partial charge in [-0.1, -0.05) is 52.3 Å². The molecule has 0 fully saturated rings. The van der Waals surface area contributed by atoms with Gasteiger partial charge in [-0.25, -0.2) is 0 Å². The van der Waals surface area contributed by atoms with Crippen LogP contribution in [0.5, 0.6) is 0 Å². The number of halogens is 1. The molecule has 1 aromatic heterocycles. The van der Waals surface area contributed by atoms with E-state index in [2.05, 4.69) is 63.4 Å². The van der Waals surface area contributed by atoms with Crippen LogP contribution < -0.4 is 0 Å². The lowest BCUT2D eigenvalue weighted by atomic mass is 9.83. The van der Waals surface area contributed by atoms with Crippen molar-refractivity contribution in [3.05, 3.63) is 65.5 Å². The van der Waals surface area contributed by atoms with E-state index in [0.717, 1.165) is 0 Å². The molecule has 3 rings (SSSR count). The number of rotatable bonds is 4. The maximum absolute atomic E-state index is 4.64. The average Bonchev–Trinajstić information content (AvgIpc) is 2.53. The number of fused-ring (bicyclic) bond motifs is 1. The van der Waals surface area contributed by atoms with E-state index in [1.807, 2.05) is 6.20 Å². The van der Waals surface area contributed by atoms with Crippen molar-refractivity contribution < 1.29 is 0 Å². The van der Waals surface area contributed by atoms with Crippen LogP contribution in [0.2, 0.25) is 0 Å². The lowest BCUT2D eigenvalue weighted by Crippen LogP contribution is -2.12. The quantitative estimate of drug-likeness (QED) is 0.682. The Morgan fingerprint density at radius 2 is 2.00 bits per heavy atom. The van der Waals surface area contributed by atoms with Crippen LogP contribution in [-0.2, 0) is 6.42 Å². The molecule has 0 amide bonds. The first-order chi connectivity index (χ1) is 9.84. The van der Waals surface area contributed by atoms with E-state index < -0.39 is 0 Å². The summed E-state index contributed by atoms with van der Waals surface area (Å²) in [6.45, 7) is 0. The number of nitrogens with zero attached hydrogens (tertiary/aromatic N) is 1. The Bertz CT molecular complexity index is 552. The van der Waals surface area contributed by atoms with Gasteiger partial charge in [0, 0.05) is 22.6 Å². The molecule has 1 nitrogen and oxygen atoms in total. The Morgan fingerprint density at radius 3 is 2.85 bits per heavy atom. The van der Waals surface area contributed by atoms with Gasteiger partial charge in [-0.3, -0.25) is 4.98 Å². The maximum Gasteiger partial charge on any atom is 0.0466 e.